The first-order chi connectivity index (χ1) is 8.04. The van der Waals surface area contributed by atoms with E-state index in [1.54, 1.807) is 23.8 Å². The van der Waals surface area contributed by atoms with E-state index in [4.69, 9.17) is 5.11 Å². The van der Waals surface area contributed by atoms with Crippen LogP contribution in [0.5, 0.6) is 0 Å². The van der Waals surface area contributed by atoms with Gasteiger partial charge < -0.3 is 15.2 Å². The van der Waals surface area contributed by atoms with Crippen molar-refractivity contribution in [1.29, 1.82) is 0 Å². The number of carbonyl (C=O) groups excluding carboxylic acids is 1. The SMILES string of the molecule is COC(=O)C=C(C)N[C@@H](C(=O)O)c1ccsc1. The van der Waals surface area contributed by atoms with E-state index in [1.165, 1.54) is 24.5 Å². The smallest absolute Gasteiger partial charge is 0.332 e. The Balaban J connectivity index is 2.79. The summed E-state index contributed by atoms with van der Waals surface area (Å²) in [4.78, 5) is 22.1. The van der Waals surface area contributed by atoms with Crippen LogP contribution in [0, 0.1) is 0 Å². The van der Waals surface area contributed by atoms with Gasteiger partial charge in [0.15, 0.2) is 6.04 Å². The predicted molar refractivity (Wildman–Crippen MR) is 63.6 cm³/mol. The van der Waals surface area contributed by atoms with Crippen molar-refractivity contribution >= 4 is 23.3 Å². The molecule has 1 atom stereocenters. The molecule has 0 aliphatic rings. The molecule has 0 bridgehead atoms. The van der Waals surface area contributed by atoms with Crippen LogP contribution in [-0.4, -0.2) is 24.2 Å². The third-order valence-electron chi connectivity index (χ3n) is 2.03. The summed E-state index contributed by atoms with van der Waals surface area (Å²) in [7, 11) is 1.26. The molecule has 1 heterocycles. The second-order valence-corrected chi connectivity index (χ2v) is 4.10. The maximum Gasteiger partial charge on any atom is 0.332 e. The summed E-state index contributed by atoms with van der Waals surface area (Å²) < 4.78 is 4.45. The third-order valence-corrected chi connectivity index (χ3v) is 2.73. The summed E-state index contributed by atoms with van der Waals surface area (Å²) in [5.41, 5.74) is 1.09. The number of thiophene rings is 1. The van der Waals surface area contributed by atoms with Crippen molar-refractivity contribution in [2.45, 2.75) is 13.0 Å². The molecular weight excluding hydrogens is 242 g/mol. The maximum absolute atomic E-state index is 11.1. The molecule has 0 aliphatic heterocycles. The van der Waals surface area contributed by atoms with Crippen molar-refractivity contribution < 1.29 is 19.4 Å². The molecule has 0 aliphatic carbocycles. The molecule has 1 rings (SSSR count). The average molecular weight is 255 g/mol. The van der Waals surface area contributed by atoms with Gasteiger partial charge in [-0.05, 0) is 29.3 Å². The molecule has 0 spiro atoms. The van der Waals surface area contributed by atoms with Crippen LogP contribution in [0.4, 0.5) is 0 Å². The van der Waals surface area contributed by atoms with Crippen LogP contribution in [0.3, 0.4) is 0 Å². The number of carbonyl (C=O) groups is 2. The molecular formula is C11H13NO4S. The zero-order valence-electron chi connectivity index (χ0n) is 9.47. The molecule has 0 amide bonds. The lowest BCUT2D eigenvalue weighted by Crippen LogP contribution is -2.27. The van der Waals surface area contributed by atoms with E-state index in [0.29, 0.717) is 11.3 Å². The van der Waals surface area contributed by atoms with Gasteiger partial charge >= 0.3 is 11.9 Å². The molecule has 0 fully saturated rings. The van der Waals surface area contributed by atoms with E-state index in [2.05, 4.69) is 10.1 Å². The van der Waals surface area contributed by atoms with E-state index >= 15 is 0 Å². The third kappa shape index (κ3) is 3.92. The Kier molecular flexibility index (Phi) is 4.71. The highest BCUT2D eigenvalue weighted by Gasteiger charge is 2.19. The molecule has 1 aromatic rings. The topological polar surface area (TPSA) is 75.6 Å². The molecule has 0 unspecified atom stereocenters. The monoisotopic (exact) mass is 255 g/mol. The van der Waals surface area contributed by atoms with Crippen LogP contribution >= 0.6 is 11.3 Å². The second kappa shape index (κ2) is 6.05. The zero-order valence-corrected chi connectivity index (χ0v) is 10.3. The molecule has 92 valence electrons. The summed E-state index contributed by atoms with van der Waals surface area (Å²) in [6.45, 7) is 1.61. The molecule has 0 saturated heterocycles. The number of carboxylic acids is 1. The summed E-state index contributed by atoms with van der Waals surface area (Å²) in [5, 5.41) is 15.4. The Morgan fingerprint density at radius 2 is 2.29 bits per heavy atom. The molecule has 6 heteroatoms. The summed E-state index contributed by atoms with van der Waals surface area (Å²) in [5.74, 6) is -1.52. The zero-order chi connectivity index (χ0) is 12.8. The Bertz CT molecular complexity index is 425. The van der Waals surface area contributed by atoms with Gasteiger partial charge in [-0.2, -0.15) is 11.3 Å². The number of hydrogen-bond acceptors (Lipinski definition) is 5. The highest BCUT2D eigenvalue weighted by molar-refractivity contribution is 7.08. The lowest BCUT2D eigenvalue weighted by Gasteiger charge is -2.14. The van der Waals surface area contributed by atoms with Crippen molar-refractivity contribution in [1.82, 2.24) is 5.32 Å². The van der Waals surface area contributed by atoms with Crippen LogP contribution in [0.25, 0.3) is 0 Å². The van der Waals surface area contributed by atoms with Gasteiger partial charge in [0, 0.05) is 11.8 Å². The first-order valence-corrected chi connectivity index (χ1v) is 5.76. The van der Waals surface area contributed by atoms with Crippen LogP contribution in [0.15, 0.2) is 28.6 Å². The van der Waals surface area contributed by atoms with E-state index in [0.717, 1.165) is 0 Å². The molecule has 1 aromatic heterocycles. The van der Waals surface area contributed by atoms with E-state index in [1.807, 2.05) is 0 Å². The molecule has 17 heavy (non-hydrogen) atoms. The van der Waals surface area contributed by atoms with Gasteiger partial charge in [0.25, 0.3) is 0 Å². The van der Waals surface area contributed by atoms with Gasteiger partial charge in [-0.3, -0.25) is 0 Å². The van der Waals surface area contributed by atoms with E-state index in [-0.39, 0.29) is 0 Å². The summed E-state index contributed by atoms with van der Waals surface area (Å²) in [6.07, 6.45) is 1.21. The van der Waals surface area contributed by atoms with Gasteiger partial charge in [-0.15, -0.1) is 0 Å². The van der Waals surface area contributed by atoms with Gasteiger partial charge in [-0.25, -0.2) is 9.59 Å². The molecule has 5 nitrogen and oxygen atoms in total. The Hall–Kier alpha value is -1.82. The lowest BCUT2D eigenvalue weighted by molar-refractivity contribution is -0.139. The van der Waals surface area contributed by atoms with E-state index < -0.39 is 18.0 Å². The Labute approximate surface area is 103 Å². The highest BCUT2D eigenvalue weighted by atomic mass is 32.1. The Morgan fingerprint density at radius 1 is 1.59 bits per heavy atom. The normalized spacial score (nSPS) is 12.9. The van der Waals surface area contributed by atoms with Crippen molar-refractivity contribution in [3.05, 3.63) is 34.2 Å². The maximum atomic E-state index is 11.1. The van der Waals surface area contributed by atoms with Crippen molar-refractivity contribution in [2.75, 3.05) is 7.11 Å². The number of ether oxygens (including phenoxy) is 1. The lowest BCUT2D eigenvalue weighted by atomic mass is 10.1. The number of nitrogens with one attached hydrogen (secondary N) is 1. The van der Waals surface area contributed by atoms with Crippen LogP contribution in [0.1, 0.15) is 18.5 Å². The minimum atomic E-state index is -0.999. The quantitative estimate of drug-likeness (QED) is 0.616. The largest absolute Gasteiger partial charge is 0.479 e. The first kappa shape index (κ1) is 13.2. The Morgan fingerprint density at radius 3 is 2.76 bits per heavy atom. The fraction of sp³-hybridized carbons (Fsp3) is 0.273. The van der Waals surface area contributed by atoms with Gasteiger partial charge in [0.05, 0.1) is 7.11 Å². The number of aliphatic carboxylic acids is 1. The number of rotatable bonds is 5. The number of methoxy groups -OCH3 is 1. The number of esters is 1. The number of hydrogen-bond donors (Lipinski definition) is 2. The van der Waals surface area contributed by atoms with Gasteiger partial charge in [0.1, 0.15) is 0 Å². The summed E-state index contributed by atoms with van der Waals surface area (Å²) >= 11 is 1.42. The first-order valence-electron chi connectivity index (χ1n) is 4.82. The predicted octanol–water partition coefficient (Wildman–Crippen LogP) is 1.54. The summed E-state index contributed by atoms with van der Waals surface area (Å²) in [6, 6.07) is 0.865. The number of carboxylic acid groups (broad SMARTS) is 1. The molecule has 2 N–H and O–H groups in total. The van der Waals surface area contributed by atoms with Gasteiger partial charge in [0.2, 0.25) is 0 Å². The minimum absolute atomic E-state index is 0.440. The van der Waals surface area contributed by atoms with Crippen molar-refractivity contribution in [3.63, 3.8) is 0 Å². The minimum Gasteiger partial charge on any atom is -0.479 e. The van der Waals surface area contributed by atoms with Crippen molar-refractivity contribution in [3.8, 4) is 0 Å². The van der Waals surface area contributed by atoms with Crippen LogP contribution in [0.2, 0.25) is 0 Å². The molecule has 0 aromatic carbocycles. The highest BCUT2D eigenvalue weighted by Crippen LogP contribution is 2.17. The fourth-order valence-corrected chi connectivity index (χ4v) is 1.92. The molecule has 0 radical (unpaired) electrons. The van der Waals surface area contributed by atoms with Crippen molar-refractivity contribution in [2.24, 2.45) is 0 Å². The van der Waals surface area contributed by atoms with E-state index in [9.17, 15) is 9.59 Å². The van der Waals surface area contributed by atoms with Crippen LogP contribution < -0.4 is 5.32 Å². The standard InChI is InChI=1S/C11H13NO4S/c1-7(5-9(13)16-2)12-10(11(14)15)8-3-4-17-6-8/h3-6,10,12H,1-2H3,(H,14,15)/t10-/m1/s1. The second-order valence-electron chi connectivity index (χ2n) is 3.32. The van der Waals surface area contributed by atoms with Crippen LogP contribution in [-0.2, 0) is 14.3 Å². The number of allylic oxidation sites excluding steroid dienone is 1. The molecule has 0 saturated carbocycles. The average Bonchev–Trinajstić information content (AvgIpc) is 2.78. The fourth-order valence-electron chi connectivity index (χ4n) is 1.23. The van der Waals surface area contributed by atoms with Gasteiger partial charge in [-0.1, -0.05) is 0 Å².